The van der Waals surface area contributed by atoms with E-state index in [1.807, 2.05) is 34.9 Å². The van der Waals surface area contributed by atoms with Gasteiger partial charge in [-0.15, -0.1) is 0 Å². The second kappa shape index (κ2) is 5.28. The molecule has 0 aromatic heterocycles. The van der Waals surface area contributed by atoms with E-state index < -0.39 is 16.5 Å². The Bertz CT molecular complexity index is 407. The number of rotatable bonds is 3. The lowest BCUT2D eigenvalue weighted by Gasteiger charge is -2.36. The van der Waals surface area contributed by atoms with E-state index in [-0.39, 0.29) is 6.03 Å². The van der Waals surface area contributed by atoms with Gasteiger partial charge in [0.05, 0.1) is 0 Å². The second-order valence-electron chi connectivity index (χ2n) is 6.52. The van der Waals surface area contributed by atoms with Gasteiger partial charge in [-0.1, -0.05) is 57.5 Å². The van der Waals surface area contributed by atoms with Crippen LogP contribution in [0.15, 0.2) is 30.3 Å². The van der Waals surface area contributed by atoms with Crippen molar-refractivity contribution >= 4 is 28.2 Å². The lowest BCUT2D eigenvalue weighted by atomic mass is 10.3. The molecule has 2 amide bonds. The van der Waals surface area contributed by atoms with Crippen LogP contribution in [-0.2, 0) is 0 Å². The summed E-state index contributed by atoms with van der Waals surface area (Å²) in [6, 6.07) is 9.99. The summed E-state index contributed by atoms with van der Waals surface area (Å²) >= 11 is 0. The van der Waals surface area contributed by atoms with Crippen LogP contribution in [0, 0.1) is 0 Å². The average Bonchev–Trinajstić information content (AvgIpc) is 2.13. The van der Waals surface area contributed by atoms with Crippen molar-refractivity contribution in [1.29, 1.82) is 0 Å². The van der Waals surface area contributed by atoms with Crippen molar-refractivity contribution in [1.82, 2.24) is 4.98 Å². The highest BCUT2D eigenvalue weighted by molar-refractivity contribution is 6.84. The minimum atomic E-state index is -1.75. The zero-order valence-corrected chi connectivity index (χ0v) is 14.2. The predicted molar refractivity (Wildman–Crippen MR) is 84.1 cm³/mol. The number of anilines is 1. The lowest BCUT2D eigenvalue weighted by molar-refractivity contribution is 0.253. The van der Waals surface area contributed by atoms with Gasteiger partial charge in [0.25, 0.3) is 0 Å². The van der Waals surface area contributed by atoms with Gasteiger partial charge >= 0.3 is 6.03 Å². The highest BCUT2D eigenvalue weighted by Crippen LogP contribution is 2.21. The molecule has 0 fully saturated rings. The zero-order valence-electron chi connectivity index (χ0n) is 12.2. The van der Waals surface area contributed by atoms with E-state index in [4.69, 9.17) is 0 Å². The molecule has 1 aromatic rings. The van der Waals surface area contributed by atoms with Gasteiger partial charge in [-0.25, -0.2) is 0 Å². The van der Waals surface area contributed by atoms with Crippen LogP contribution in [0.4, 0.5) is 10.5 Å². The van der Waals surface area contributed by atoms with E-state index in [2.05, 4.69) is 44.3 Å². The number of amides is 2. The normalized spacial score (nSPS) is 12.1. The molecule has 3 nitrogen and oxygen atoms in total. The van der Waals surface area contributed by atoms with Crippen LogP contribution >= 0.6 is 0 Å². The number of benzene rings is 1. The first-order chi connectivity index (χ1) is 8.11. The molecule has 1 aromatic carbocycles. The fourth-order valence-electron chi connectivity index (χ4n) is 1.76. The Kier molecular flexibility index (Phi) is 4.39. The van der Waals surface area contributed by atoms with Gasteiger partial charge in [0.2, 0.25) is 0 Å². The number of hydrogen-bond donors (Lipinski definition) is 1. The van der Waals surface area contributed by atoms with Gasteiger partial charge in [0.15, 0.2) is 8.24 Å². The maximum absolute atomic E-state index is 12.5. The van der Waals surface area contributed by atoms with E-state index >= 15 is 0 Å². The molecule has 0 spiro atoms. The summed E-state index contributed by atoms with van der Waals surface area (Å²) in [5.74, 6) is 0. The number of urea groups is 1. The van der Waals surface area contributed by atoms with Gasteiger partial charge in [0, 0.05) is 5.69 Å². The van der Waals surface area contributed by atoms with Crippen molar-refractivity contribution < 1.29 is 4.79 Å². The molecule has 0 aliphatic carbocycles. The molecule has 0 unspecified atom stereocenters. The Hall–Kier alpha value is -1.08. The molecule has 0 bridgehead atoms. The fraction of sp³-hybridized carbons (Fsp3) is 0.462. The summed E-state index contributed by atoms with van der Waals surface area (Å²) in [6.07, 6.45) is 0. The maximum atomic E-state index is 12.5. The standard InChI is InChI=1S/C13H24N2OSi2/c1-17(2,3)14-13(16)15(18(4,5)6)12-10-8-7-9-11-12/h7-11H,1-6H3,(H,14,16). The van der Waals surface area contributed by atoms with E-state index in [1.54, 1.807) is 0 Å². The minimum absolute atomic E-state index is 0.0551. The topological polar surface area (TPSA) is 32.3 Å². The summed E-state index contributed by atoms with van der Waals surface area (Å²) in [5.41, 5.74) is 0.993. The zero-order chi connectivity index (χ0) is 14.0. The number of hydrogen-bond acceptors (Lipinski definition) is 1. The third kappa shape index (κ3) is 4.31. The summed E-state index contributed by atoms with van der Waals surface area (Å²) in [7, 11) is -3.36. The third-order valence-electron chi connectivity index (χ3n) is 2.37. The Morgan fingerprint density at radius 3 is 1.89 bits per heavy atom. The Morgan fingerprint density at radius 2 is 1.50 bits per heavy atom. The van der Waals surface area contributed by atoms with Crippen LogP contribution in [0.25, 0.3) is 0 Å². The Labute approximate surface area is 112 Å². The van der Waals surface area contributed by atoms with E-state index in [9.17, 15) is 4.79 Å². The molecule has 0 radical (unpaired) electrons. The van der Waals surface area contributed by atoms with Gasteiger partial charge < -0.3 is 9.55 Å². The molecule has 1 rings (SSSR count). The van der Waals surface area contributed by atoms with E-state index in [0.717, 1.165) is 5.69 Å². The van der Waals surface area contributed by atoms with Crippen LogP contribution in [0.5, 0.6) is 0 Å². The van der Waals surface area contributed by atoms with Crippen molar-refractivity contribution in [2.75, 3.05) is 4.57 Å². The van der Waals surface area contributed by atoms with Crippen LogP contribution in [0.1, 0.15) is 0 Å². The van der Waals surface area contributed by atoms with Gasteiger partial charge in [-0.2, -0.15) is 0 Å². The highest BCUT2D eigenvalue weighted by Gasteiger charge is 2.32. The van der Waals surface area contributed by atoms with Crippen LogP contribution in [0.2, 0.25) is 39.3 Å². The molecule has 0 aliphatic heterocycles. The molecule has 0 saturated carbocycles. The molecule has 100 valence electrons. The summed E-state index contributed by atoms with van der Waals surface area (Å²) in [5, 5.41) is 0. The highest BCUT2D eigenvalue weighted by atomic mass is 28.3. The molecule has 0 aliphatic rings. The van der Waals surface area contributed by atoms with Crippen molar-refractivity contribution in [3.8, 4) is 0 Å². The Balaban J connectivity index is 3.05. The summed E-state index contributed by atoms with van der Waals surface area (Å²) in [4.78, 5) is 15.7. The second-order valence-corrected chi connectivity index (χ2v) is 16.1. The minimum Gasteiger partial charge on any atom is -0.365 e. The summed E-state index contributed by atoms with van der Waals surface area (Å²) in [6.45, 7) is 13.0. The summed E-state index contributed by atoms with van der Waals surface area (Å²) < 4.78 is 1.96. The van der Waals surface area contributed by atoms with Crippen molar-refractivity contribution in [3.05, 3.63) is 30.3 Å². The lowest BCUT2D eigenvalue weighted by Crippen LogP contribution is -2.59. The van der Waals surface area contributed by atoms with Gasteiger partial charge in [0.1, 0.15) is 8.24 Å². The number of nitrogens with zero attached hydrogens (tertiary/aromatic N) is 1. The molecule has 0 saturated heterocycles. The molecule has 0 atom stereocenters. The number of carbonyl (C=O) groups excluding carboxylic acids is 1. The number of carbonyl (C=O) groups is 1. The van der Waals surface area contributed by atoms with Gasteiger partial charge in [-0.05, 0) is 12.1 Å². The predicted octanol–water partition coefficient (Wildman–Crippen LogP) is 3.87. The average molecular weight is 281 g/mol. The maximum Gasteiger partial charge on any atom is 0.305 e. The SMILES string of the molecule is C[Si](C)(C)NC(=O)N(c1ccccc1)[Si](C)(C)C. The number of nitrogens with one attached hydrogen (secondary N) is 1. The van der Waals surface area contributed by atoms with E-state index in [0.29, 0.717) is 0 Å². The van der Waals surface area contributed by atoms with Crippen molar-refractivity contribution in [2.45, 2.75) is 39.3 Å². The molecular weight excluding hydrogens is 256 g/mol. The van der Waals surface area contributed by atoms with Crippen molar-refractivity contribution in [2.24, 2.45) is 0 Å². The molecule has 5 heteroatoms. The Morgan fingerprint density at radius 1 is 1.00 bits per heavy atom. The first-order valence-electron chi connectivity index (χ1n) is 6.29. The molecule has 0 heterocycles. The quantitative estimate of drug-likeness (QED) is 0.838. The fourth-order valence-corrected chi connectivity index (χ4v) is 4.22. The molecule has 18 heavy (non-hydrogen) atoms. The van der Waals surface area contributed by atoms with Crippen molar-refractivity contribution in [3.63, 3.8) is 0 Å². The molecule has 1 N–H and O–H groups in total. The molecular formula is C13H24N2OSi2. The largest absolute Gasteiger partial charge is 0.365 e. The van der Waals surface area contributed by atoms with Gasteiger partial charge in [-0.3, -0.25) is 4.79 Å². The smallest absolute Gasteiger partial charge is 0.305 e. The third-order valence-corrected chi connectivity index (χ3v) is 5.14. The van der Waals surface area contributed by atoms with Crippen LogP contribution in [0.3, 0.4) is 0 Å². The number of para-hydroxylation sites is 1. The van der Waals surface area contributed by atoms with Crippen LogP contribution < -0.4 is 9.55 Å². The van der Waals surface area contributed by atoms with E-state index in [1.165, 1.54) is 0 Å². The monoisotopic (exact) mass is 280 g/mol. The first-order valence-corrected chi connectivity index (χ1v) is 13.2. The first kappa shape index (κ1) is 15.0. The van der Waals surface area contributed by atoms with Crippen LogP contribution in [-0.4, -0.2) is 22.5 Å².